The van der Waals surface area contributed by atoms with E-state index in [4.69, 9.17) is 0 Å². The van der Waals surface area contributed by atoms with Crippen molar-refractivity contribution in [2.45, 2.75) is 16.8 Å². The third kappa shape index (κ3) is 4.97. The fraction of sp³-hybridized carbons (Fsp3) is 0.214. The maximum absolute atomic E-state index is 12.5. The Morgan fingerprint density at radius 1 is 1.32 bits per heavy atom. The van der Waals surface area contributed by atoms with E-state index in [-0.39, 0.29) is 11.4 Å². The molecule has 2 rings (SSSR count). The molecule has 0 radical (unpaired) electrons. The second kappa shape index (κ2) is 8.11. The molecule has 4 nitrogen and oxygen atoms in total. The summed E-state index contributed by atoms with van der Waals surface area (Å²) in [7, 11) is 0. The number of benzene rings is 1. The smallest absolute Gasteiger partial charge is 0.319 e. The minimum absolute atomic E-state index is 0.0344. The topological polar surface area (TPSA) is 61.4 Å². The van der Waals surface area contributed by atoms with Crippen LogP contribution in [0.3, 0.4) is 0 Å². The molecule has 2 aromatic rings. The minimum Gasteiger partial charge on any atom is -0.387 e. The highest BCUT2D eigenvalue weighted by atomic mass is 32.2. The van der Waals surface area contributed by atoms with Crippen molar-refractivity contribution in [3.05, 3.63) is 46.7 Å². The average Bonchev–Trinajstić information content (AvgIpc) is 3.00. The van der Waals surface area contributed by atoms with Crippen LogP contribution in [0.1, 0.15) is 11.7 Å². The zero-order valence-corrected chi connectivity index (χ0v) is 13.0. The summed E-state index contributed by atoms with van der Waals surface area (Å²) in [6, 6.07) is 7.52. The van der Waals surface area contributed by atoms with Gasteiger partial charge >= 0.3 is 6.03 Å². The summed E-state index contributed by atoms with van der Waals surface area (Å²) in [4.78, 5) is 12.1. The monoisotopic (exact) mass is 344 g/mol. The van der Waals surface area contributed by atoms with Crippen molar-refractivity contribution in [1.82, 2.24) is 5.32 Å². The summed E-state index contributed by atoms with van der Waals surface area (Å²) in [5.74, 6) is -2.56. The first-order valence-electron chi connectivity index (χ1n) is 6.35. The Morgan fingerprint density at radius 3 is 2.77 bits per heavy atom. The van der Waals surface area contributed by atoms with Gasteiger partial charge in [-0.25, -0.2) is 4.79 Å². The van der Waals surface area contributed by atoms with Crippen LogP contribution in [0.25, 0.3) is 0 Å². The number of carbonyl (C=O) groups is 1. The lowest BCUT2D eigenvalue weighted by Gasteiger charge is -2.13. The number of aliphatic hydroxyl groups is 1. The molecule has 1 heterocycles. The van der Waals surface area contributed by atoms with Crippen molar-refractivity contribution in [2.75, 3.05) is 11.9 Å². The van der Waals surface area contributed by atoms with Gasteiger partial charge in [-0.05, 0) is 34.5 Å². The molecule has 0 aliphatic rings. The van der Waals surface area contributed by atoms with Crippen molar-refractivity contribution in [1.29, 1.82) is 0 Å². The first kappa shape index (κ1) is 16.7. The van der Waals surface area contributed by atoms with Gasteiger partial charge in [0.1, 0.15) is 0 Å². The molecule has 0 aliphatic heterocycles. The van der Waals surface area contributed by atoms with Crippen molar-refractivity contribution in [2.24, 2.45) is 0 Å². The molecule has 0 spiro atoms. The Morgan fingerprint density at radius 2 is 2.09 bits per heavy atom. The largest absolute Gasteiger partial charge is 0.387 e. The molecule has 3 N–H and O–H groups in total. The Bertz CT molecular complexity index is 609. The van der Waals surface area contributed by atoms with Crippen molar-refractivity contribution in [3.8, 4) is 0 Å². The second-order valence-electron chi connectivity index (χ2n) is 4.28. The number of aliphatic hydroxyl groups excluding tert-OH is 1. The van der Waals surface area contributed by atoms with E-state index in [0.717, 1.165) is 5.56 Å². The fourth-order valence-corrected chi connectivity index (χ4v) is 3.01. The molecule has 1 unspecified atom stereocenters. The molecular weight excluding hydrogens is 330 g/mol. The van der Waals surface area contributed by atoms with Crippen molar-refractivity contribution in [3.63, 3.8) is 0 Å². The normalized spacial score (nSPS) is 12.2. The number of rotatable bonds is 6. The van der Waals surface area contributed by atoms with Gasteiger partial charge in [0.25, 0.3) is 5.76 Å². The summed E-state index contributed by atoms with van der Waals surface area (Å²) in [6.07, 6.45) is -0.803. The Labute approximate surface area is 134 Å². The Hall–Kier alpha value is -1.64. The van der Waals surface area contributed by atoms with Crippen LogP contribution < -0.4 is 10.6 Å². The summed E-state index contributed by atoms with van der Waals surface area (Å²) in [6.45, 7) is 0.0344. The minimum atomic E-state index is -2.56. The van der Waals surface area contributed by atoms with Crippen LogP contribution in [0.2, 0.25) is 0 Å². The van der Waals surface area contributed by atoms with Crippen LogP contribution in [-0.4, -0.2) is 23.4 Å². The van der Waals surface area contributed by atoms with E-state index < -0.39 is 17.9 Å². The molecule has 0 fully saturated rings. The van der Waals surface area contributed by atoms with E-state index in [9.17, 15) is 18.7 Å². The van der Waals surface area contributed by atoms with Crippen molar-refractivity contribution < 1.29 is 18.7 Å². The van der Waals surface area contributed by atoms with E-state index >= 15 is 0 Å². The molecule has 118 valence electrons. The number of hydrogen-bond acceptors (Lipinski definition) is 4. The van der Waals surface area contributed by atoms with Crippen molar-refractivity contribution >= 4 is 34.8 Å². The van der Waals surface area contributed by atoms with Gasteiger partial charge in [-0.15, -0.1) is 0 Å². The molecule has 0 saturated carbocycles. The maximum Gasteiger partial charge on any atom is 0.319 e. The van der Waals surface area contributed by atoms with Crippen LogP contribution in [0.15, 0.2) is 46.0 Å². The molecule has 2 amide bonds. The standard InChI is InChI=1S/C14H14F2N2O2S2/c15-13(16)22-12-4-2-1-3-10(12)18-14(20)17-7-11(19)9-5-6-21-8-9/h1-6,8,11,13,19H,7H2,(H2,17,18,20). The van der Waals surface area contributed by atoms with Gasteiger partial charge in [0.15, 0.2) is 0 Å². The number of urea groups is 1. The van der Waals surface area contributed by atoms with E-state index in [1.807, 2.05) is 5.38 Å². The van der Waals surface area contributed by atoms with E-state index in [0.29, 0.717) is 17.4 Å². The van der Waals surface area contributed by atoms with Gasteiger partial charge in [0.2, 0.25) is 0 Å². The Balaban J connectivity index is 1.89. The van der Waals surface area contributed by atoms with Gasteiger partial charge in [0, 0.05) is 11.4 Å². The van der Waals surface area contributed by atoms with Crippen LogP contribution in [0.5, 0.6) is 0 Å². The number of amides is 2. The lowest BCUT2D eigenvalue weighted by Crippen LogP contribution is -2.32. The van der Waals surface area contributed by atoms with Gasteiger partial charge < -0.3 is 15.7 Å². The van der Waals surface area contributed by atoms with Gasteiger partial charge in [-0.1, -0.05) is 23.9 Å². The van der Waals surface area contributed by atoms with Gasteiger partial charge in [0.05, 0.1) is 11.8 Å². The number of thioether (sulfide) groups is 1. The second-order valence-corrected chi connectivity index (χ2v) is 6.09. The molecule has 1 aromatic carbocycles. The number of carbonyl (C=O) groups excluding carboxylic acids is 1. The summed E-state index contributed by atoms with van der Waals surface area (Å²) in [5, 5.41) is 18.5. The quantitative estimate of drug-likeness (QED) is 0.696. The highest BCUT2D eigenvalue weighted by molar-refractivity contribution is 7.99. The average molecular weight is 344 g/mol. The molecule has 0 saturated heterocycles. The fourth-order valence-electron chi connectivity index (χ4n) is 1.71. The third-order valence-corrected chi connectivity index (χ3v) is 4.22. The lowest BCUT2D eigenvalue weighted by atomic mass is 10.2. The first-order chi connectivity index (χ1) is 10.6. The van der Waals surface area contributed by atoms with Crippen LogP contribution in [-0.2, 0) is 0 Å². The molecule has 22 heavy (non-hydrogen) atoms. The molecular formula is C14H14F2N2O2S2. The zero-order valence-electron chi connectivity index (χ0n) is 11.3. The number of anilines is 1. The third-order valence-electron chi connectivity index (χ3n) is 2.74. The highest BCUT2D eigenvalue weighted by Crippen LogP contribution is 2.31. The molecule has 1 aromatic heterocycles. The molecule has 0 bridgehead atoms. The molecule has 1 atom stereocenters. The molecule has 0 aliphatic carbocycles. The number of para-hydroxylation sites is 1. The number of hydrogen-bond donors (Lipinski definition) is 3. The molecule has 8 heteroatoms. The SMILES string of the molecule is O=C(NCC(O)c1ccsc1)Nc1ccccc1SC(F)F. The summed E-state index contributed by atoms with van der Waals surface area (Å²) in [5.41, 5.74) is 1.02. The predicted octanol–water partition coefficient (Wildman–Crippen LogP) is 3.92. The number of thiophene rings is 1. The lowest BCUT2D eigenvalue weighted by molar-refractivity contribution is 0.175. The van der Waals surface area contributed by atoms with Gasteiger partial charge in [-0.2, -0.15) is 20.1 Å². The highest BCUT2D eigenvalue weighted by Gasteiger charge is 2.13. The zero-order chi connectivity index (χ0) is 15.9. The summed E-state index contributed by atoms with van der Waals surface area (Å²) >= 11 is 1.82. The Kier molecular flexibility index (Phi) is 6.17. The number of alkyl halides is 2. The number of halogens is 2. The van der Waals surface area contributed by atoms with Gasteiger partial charge in [-0.3, -0.25) is 0 Å². The van der Waals surface area contributed by atoms with E-state index in [1.165, 1.54) is 17.4 Å². The van der Waals surface area contributed by atoms with Crippen LogP contribution in [0, 0.1) is 0 Å². The number of nitrogens with one attached hydrogen (secondary N) is 2. The van der Waals surface area contributed by atoms with E-state index in [2.05, 4.69) is 10.6 Å². The van der Waals surface area contributed by atoms with Crippen LogP contribution >= 0.6 is 23.1 Å². The summed E-state index contributed by atoms with van der Waals surface area (Å²) < 4.78 is 24.9. The first-order valence-corrected chi connectivity index (χ1v) is 8.17. The van der Waals surface area contributed by atoms with E-state index in [1.54, 1.807) is 29.6 Å². The maximum atomic E-state index is 12.5. The van der Waals surface area contributed by atoms with Crippen LogP contribution in [0.4, 0.5) is 19.3 Å². The predicted molar refractivity (Wildman–Crippen MR) is 84.6 cm³/mol.